The molecule has 0 amide bonds. The molecule has 1 N–H and O–H groups in total. The molecule has 2 rings (SSSR count). The van der Waals surface area contributed by atoms with Gasteiger partial charge in [-0.15, -0.1) is 5.10 Å². The second-order valence-electron chi connectivity index (χ2n) is 3.58. The van der Waals surface area contributed by atoms with Crippen LogP contribution in [0, 0.1) is 0 Å². The fourth-order valence-electron chi connectivity index (χ4n) is 1.42. The Balaban J connectivity index is 2.00. The van der Waals surface area contributed by atoms with E-state index >= 15 is 0 Å². The van der Waals surface area contributed by atoms with Crippen molar-refractivity contribution in [3.05, 3.63) is 11.9 Å². The number of aliphatic hydroxyl groups is 1. The van der Waals surface area contributed by atoms with Gasteiger partial charge in [0.25, 0.3) is 0 Å². The highest BCUT2D eigenvalue weighted by Gasteiger charge is 2.34. The van der Waals surface area contributed by atoms with Gasteiger partial charge in [-0.25, -0.2) is 13.1 Å². The lowest BCUT2D eigenvalue weighted by atomic mass is 10.2. The van der Waals surface area contributed by atoms with Gasteiger partial charge in [-0.1, -0.05) is 5.21 Å². The Morgan fingerprint density at radius 2 is 2.27 bits per heavy atom. The molecule has 0 spiro atoms. The molecule has 1 fully saturated rings. The van der Waals surface area contributed by atoms with Crippen LogP contribution in [0.3, 0.4) is 0 Å². The second-order valence-corrected chi connectivity index (χ2v) is 5.56. The van der Waals surface area contributed by atoms with Gasteiger partial charge in [0.1, 0.15) is 5.69 Å². The quantitative estimate of drug-likeness (QED) is 0.691. The summed E-state index contributed by atoms with van der Waals surface area (Å²) < 4.78 is 25.1. The van der Waals surface area contributed by atoms with E-state index in [1.807, 2.05) is 0 Å². The largest absolute Gasteiger partial charge is 0.390 e. The summed E-state index contributed by atoms with van der Waals surface area (Å²) in [5.41, 5.74) is 0.493. The molecule has 84 valence electrons. The molecule has 8 heteroatoms. The van der Waals surface area contributed by atoms with E-state index in [9.17, 15) is 8.42 Å². The minimum absolute atomic E-state index is 0.0347. The second kappa shape index (κ2) is 3.54. The van der Waals surface area contributed by atoms with Crippen molar-refractivity contribution < 1.29 is 13.5 Å². The molecule has 1 aromatic rings. The highest BCUT2D eigenvalue weighted by Crippen LogP contribution is 2.22. The van der Waals surface area contributed by atoms with Gasteiger partial charge >= 0.3 is 0 Å². The summed E-state index contributed by atoms with van der Waals surface area (Å²) in [5, 5.41) is 16.3. The van der Waals surface area contributed by atoms with Crippen LogP contribution in [0.1, 0.15) is 11.7 Å². The van der Waals surface area contributed by atoms with E-state index in [0.717, 1.165) is 0 Å². The van der Waals surface area contributed by atoms with Gasteiger partial charge in [-0.3, -0.25) is 0 Å². The minimum Gasteiger partial charge on any atom is -0.390 e. The highest BCUT2D eigenvalue weighted by atomic mass is 32.2. The predicted molar refractivity (Wildman–Crippen MR) is 51.4 cm³/mol. The van der Waals surface area contributed by atoms with Crippen LogP contribution in [0.2, 0.25) is 0 Å². The van der Waals surface area contributed by atoms with Crippen LogP contribution in [0.25, 0.3) is 0 Å². The molecule has 1 saturated heterocycles. The minimum atomic E-state index is -3.08. The van der Waals surface area contributed by atoms with Crippen molar-refractivity contribution in [3.8, 4) is 0 Å². The molecular formula is C7H12N4O3S. The molecule has 2 heterocycles. The smallest absolute Gasteiger partial charge is 0.211 e. The Kier molecular flexibility index (Phi) is 2.49. The number of rotatable bonds is 3. The third-order valence-electron chi connectivity index (χ3n) is 2.39. The van der Waals surface area contributed by atoms with E-state index in [1.165, 1.54) is 10.6 Å². The number of hydrogen-bond acceptors (Lipinski definition) is 5. The van der Waals surface area contributed by atoms with Crippen LogP contribution in [-0.2, 0) is 16.6 Å². The molecule has 0 bridgehead atoms. The predicted octanol–water partition coefficient (Wildman–Crippen LogP) is -1.41. The number of hydrogen-bond donors (Lipinski definition) is 1. The first-order chi connectivity index (χ1) is 7.00. The summed E-state index contributed by atoms with van der Waals surface area (Å²) >= 11 is 0. The zero-order valence-electron chi connectivity index (χ0n) is 8.24. The van der Waals surface area contributed by atoms with Crippen LogP contribution in [-0.4, -0.2) is 52.2 Å². The van der Waals surface area contributed by atoms with Gasteiger partial charge in [0.05, 0.1) is 25.1 Å². The summed E-state index contributed by atoms with van der Waals surface area (Å²) in [6.07, 6.45) is 2.81. The molecule has 7 nitrogen and oxygen atoms in total. The summed E-state index contributed by atoms with van der Waals surface area (Å²) in [6, 6.07) is 0.0347. The standard InChI is InChI=1S/C7H12N4O3S/c1-15(13,14)10-3-7(4-10)11-2-6(5-12)8-9-11/h2,7,12H,3-5H2,1H3. The van der Waals surface area contributed by atoms with E-state index in [4.69, 9.17) is 5.11 Å². The lowest BCUT2D eigenvalue weighted by Crippen LogP contribution is -2.50. The van der Waals surface area contributed by atoms with Crippen LogP contribution in [0.5, 0.6) is 0 Å². The molecule has 0 unspecified atom stereocenters. The lowest BCUT2D eigenvalue weighted by Gasteiger charge is -2.36. The summed E-state index contributed by atoms with van der Waals surface area (Å²) in [4.78, 5) is 0. The number of aromatic nitrogens is 3. The van der Waals surface area contributed by atoms with Crippen LogP contribution in [0.15, 0.2) is 6.20 Å². The molecule has 0 atom stereocenters. The molecule has 1 aliphatic rings. The van der Waals surface area contributed by atoms with E-state index in [0.29, 0.717) is 18.8 Å². The van der Waals surface area contributed by atoms with Crippen molar-refractivity contribution in [1.29, 1.82) is 0 Å². The van der Waals surface area contributed by atoms with Gasteiger partial charge in [0.15, 0.2) is 0 Å². The normalized spacial score (nSPS) is 19.1. The molecule has 15 heavy (non-hydrogen) atoms. The maximum atomic E-state index is 11.1. The van der Waals surface area contributed by atoms with Crippen LogP contribution < -0.4 is 0 Å². The van der Waals surface area contributed by atoms with Gasteiger partial charge in [0, 0.05) is 13.1 Å². The van der Waals surface area contributed by atoms with Crippen molar-refractivity contribution in [2.45, 2.75) is 12.6 Å². The highest BCUT2D eigenvalue weighted by molar-refractivity contribution is 7.88. The summed E-state index contributed by atoms with van der Waals surface area (Å²) in [6.45, 7) is 0.697. The van der Waals surface area contributed by atoms with Crippen molar-refractivity contribution in [1.82, 2.24) is 19.3 Å². The van der Waals surface area contributed by atoms with Crippen LogP contribution in [0.4, 0.5) is 0 Å². The topological polar surface area (TPSA) is 88.3 Å². The first kappa shape index (κ1) is 10.5. The first-order valence-electron chi connectivity index (χ1n) is 4.47. The van der Waals surface area contributed by atoms with Gasteiger partial charge in [-0.05, 0) is 0 Å². The molecule has 0 radical (unpaired) electrons. The SMILES string of the molecule is CS(=O)(=O)N1CC(n2cc(CO)nn2)C1. The number of aliphatic hydroxyl groups excluding tert-OH is 1. The van der Waals surface area contributed by atoms with Crippen molar-refractivity contribution >= 4 is 10.0 Å². The Hall–Kier alpha value is -0.990. The van der Waals surface area contributed by atoms with Gasteiger partial charge in [-0.2, -0.15) is 4.31 Å². The lowest BCUT2D eigenvalue weighted by molar-refractivity contribution is 0.190. The summed E-state index contributed by atoms with van der Waals surface area (Å²) in [7, 11) is -3.08. The monoisotopic (exact) mass is 232 g/mol. The molecule has 1 aliphatic heterocycles. The average molecular weight is 232 g/mol. The van der Waals surface area contributed by atoms with Gasteiger partial charge in [0.2, 0.25) is 10.0 Å². The molecule has 1 aromatic heterocycles. The molecular weight excluding hydrogens is 220 g/mol. The summed E-state index contributed by atoms with van der Waals surface area (Å²) in [5.74, 6) is 0. The Morgan fingerprint density at radius 3 is 2.73 bits per heavy atom. The van der Waals surface area contributed by atoms with E-state index < -0.39 is 10.0 Å². The molecule has 0 saturated carbocycles. The van der Waals surface area contributed by atoms with Crippen LogP contribution >= 0.6 is 0 Å². The van der Waals surface area contributed by atoms with E-state index in [2.05, 4.69) is 10.3 Å². The maximum absolute atomic E-state index is 11.1. The molecule has 0 aliphatic carbocycles. The Labute approximate surface area is 87.4 Å². The maximum Gasteiger partial charge on any atom is 0.211 e. The third kappa shape index (κ3) is 2.01. The number of nitrogens with zero attached hydrogens (tertiary/aromatic N) is 4. The zero-order chi connectivity index (χ0) is 11.1. The van der Waals surface area contributed by atoms with Gasteiger partial charge < -0.3 is 5.11 Å². The fourth-order valence-corrected chi connectivity index (χ4v) is 2.30. The Bertz CT molecular complexity index is 449. The fraction of sp³-hybridized carbons (Fsp3) is 0.714. The third-order valence-corrected chi connectivity index (χ3v) is 3.63. The van der Waals surface area contributed by atoms with Crippen molar-refractivity contribution in [2.75, 3.05) is 19.3 Å². The van der Waals surface area contributed by atoms with Crippen molar-refractivity contribution in [2.24, 2.45) is 0 Å². The molecule has 0 aromatic carbocycles. The zero-order valence-corrected chi connectivity index (χ0v) is 9.05. The average Bonchev–Trinajstić information content (AvgIpc) is 2.47. The first-order valence-corrected chi connectivity index (χ1v) is 6.32. The Morgan fingerprint density at radius 1 is 1.60 bits per heavy atom. The number of sulfonamides is 1. The van der Waals surface area contributed by atoms with Crippen molar-refractivity contribution in [3.63, 3.8) is 0 Å². The van der Waals surface area contributed by atoms with E-state index in [-0.39, 0.29) is 12.6 Å². The van der Waals surface area contributed by atoms with E-state index in [1.54, 1.807) is 10.9 Å².